The van der Waals surface area contributed by atoms with Crippen LogP contribution in [0.5, 0.6) is 0 Å². The van der Waals surface area contributed by atoms with Crippen molar-refractivity contribution >= 4 is 44.6 Å². The van der Waals surface area contributed by atoms with E-state index in [0.29, 0.717) is 11.5 Å². The van der Waals surface area contributed by atoms with Gasteiger partial charge in [0.2, 0.25) is 5.91 Å². The number of fused-ring (bicyclic) bond motifs is 1. The molecule has 0 fully saturated rings. The second-order valence-electron chi connectivity index (χ2n) is 7.55. The molecular formula is C27H20ClNOS. The summed E-state index contributed by atoms with van der Waals surface area (Å²) in [6.07, 6.45) is 6.16. The molecule has 152 valence electrons. The highest BCUT2D eigenvalue weighted by molar-refractivity contribution is 7.22. The maximum absolute atomic E-state index is 13.0. The molecule has 3 aromatic carbocycles. The van der Waals surface area contributed by atoms with Gasteiger partial charge < -0.3 is 5.32 Å². The Balaban J connectivity index is 1.55. The Morgan fingerprint density at radius 2 is 1.74 bits per heavy atom. The molecule has 0 bridgehead atoms. The lowest BCUT2D eigenvalue weighted by Gasteiger charge is -2.17. The minimum Gasteiger partial charge on any atom is -0.325 e. The van der Waals surface area contributed by atoms with Crippen LogP contribution in [-0.4, -0.2) is 5.91 Å². The smallest absolute Gasteiger partial charge is 0.231 e. The van der Waals surface area contributed by atoms with E-state index in [1.54, 1.807) is 17.4 Å². The van der Waals surface area contributed by atoms with Crippen molar-refractivity contribution in [3.8, 4) is 21.6 Å². The molecule has 5 rings (SSSR count). The number of thiophene rings is 1. The standard InChI is InChI=1S/C27H20ClNOS/c28-22-13-10-19(11-14-22)27(30)29-24-16-20(18-6-2-1-3-7-18)12-15-23(24)26-17-21-8-4-5-9-25(21)31-26/h1-10,12-17,19H,11H2,(H,29,30). The van der Waals surface area contributed by atoms with Gasteiger partial charge in [-0.2, -0.15) is 0 Å². The zero-order chi connectivity index (χ0) is 21.2. The summed E-state index contributed by atoms with van der Waals surface area (Å²) < 4.78 is 1.23. The molecule has 1 unspecified atom stereocenters. The van der Waals surface area contributed by atoms with Crippen molar-refractivity contribution in [1.82, 2.24) is 0 Å². The third kappa shape index (κ3) is 4.20. The Morgan fingerprint density at radius 1 is 0.935 bits per heavy atom. The monoisotopic (exact) mass is 441 g/mol. The molecule has 0 spiro atoms. The van der Waals surface area contributed by atoms with Crippen molar-refractivity contribution in [1.29, 1.82) is 0 Å². The van der Waals surface area contributed by atoms with Gasteiger partial charge in [-0.1, -0.05) is 84.4 Å². The molecule has 1 aliphatic rings. The van der Waals surface area contributed by atoms with E-state index in [4.69, 9.17) is 11.6 Å². The number of carbonyl (C=O) groups excluding carboxylic acids is 1. The van der Waals surface area contributed by atoms with Crippen LogP contribution in [0.15, 0.2) is 102 Å². The van der Waals surface area contributed by atoms with Gasteiger partial charge in [0.05, 0.1) is 11.6 Å². The molecule has 1 aliphatic carbocycles. The van der Waals surface area contributed by atoms with Crippen LogP contribution in [0.1, 0.15) is 6.42 Å². The third-order valence-electron chi connectivity index (χ3n) is 5.47. The fourth-order valence-corrected chi connectivity index (χ4v) is 5.07. The van der Waals surface area contributed by atoms with Crippen LogP contribution in [-0.2, 0) is 4.79 Å². The van der Waals surface area contributed by atoms with Crippen molar-refractivity contribution < 1.29 is 4.79 Å². The minimum absolute atomic E-state index is 0.0239. The van der Waals surface area contributed by atoms with Gasteiger partial charge in [0.25, 0.3) is 0 Å². The van der Waals surface area contributed by atoms with Crippen molar-refractivity contribution in [3.63, 3.8) is 0 Å². The summed E-state index contributed by atoms with van der Waals surface area (Å²) in [7, 11) is 0. The van der Waals surface area contributed by atoms with Crippen LogP contribution in [0, 0.1) is 5.92 Å². The van der Waals surface area contributed by atoms with Crippen LogP contribution in [0.2, 0.25) is 0 Å². The Labute approximate surface area is 190 Å². The number of nitrogens with one attached hydrogen (secondary N) is 1. The molecule has 1 heterocycles. The zero-order valence-electron chi connectivity index (χ0n) is 16.7. The van der Waals surface area contributed by atoms with Gasteiger partial charge in [0, 0.05) is 20.2 Å². The summed E-state index contributed by atoms with van der Waals surface area (Å²) in [4.78, 5) is 14.2. The first kappa shape index (κ1) is 19.8. The molecule has 1 amide bonds. The molecule has 31 heavy (non-hydrogen) atoms. The Morgan fingerprint density at radius 3 is 2.52 bits per heavy atom. The Hall–Kier alpha value is -3.14. The number of amides is 1. The number of anilines is 1. The number of hydrogen-bond acceptors (Lipinski definition) is 2. The van der Waals surface area contributed by atoms with Gasteiger partial charge in [-0.15, -0.1) is 11.3 Å². The van der Waals surface area contributed by atoms with Gasteiger partial charge in [0.15, 0.2) is 0 Å². The molecule has 1 N–H and O–H groups in total. The lowest BCUT2D eigenvalue weighted by molar-refractivity contribution is -0.118. The van der Waals surface area contributed by atoms with Gasteiger partial charge in [-0.3, -0.25) is 4.79 Å². The van der Waals surface area contributed by atoms with Crippen LogP contribution in [0.25, 0.3) is 31.7 Å². The van der Waals surface area contributed by atoms with Crippen molar-refractivity contribution in [2.24, 2.45) is 5.92 Å². The van der Waals surface area contributed by atoms with E-state index >= 15 is 0 Å². The first-order valence-corrected chi connectivity index (χ1v) is 11.4. The lowest BCUT2D eigenvalue weighted by Crippen LogP contribution is -2.22. The molecule has 4 heteroatoms. The quantitative estimate of drug-likeness (QED) is 0.343. The van der Waals surface area contributed by atoms with E-state index in [0.717, 1.165) is 27.3 Å². The van der Waals surface area contributed by atoms with E-state index in [1.807, 2.05) is 36.4 Å². The minimum atomic E-state index is -0.224. The molecule has 1 aromatic heterocycles. The summed E-state index contributed by atoms with van der Waals surface area (Å²) in [5.74, 6) is -0.248. The highest BCUT2D eigenvalue weighted by Crippen LogP contribution is 2.39. The average Bonchev–Trinajstić information content (AvgIpc) is 3.24. The van der Waals surface area contributed by atoms with Crippen molar-refractivity contribution in [3.05, 3.63) is 102 Å². The van der Waals surface area contributed by atoms with Gasteiger partial charge in [-0.25, -0.2) is 0 Å². The van der Waals surface area contributed by atoms with E-state index in [1.165, 1.54) is 10.1 Å². The topological polar surface area (TPSA) is 29.1 Å². The summed E-state index contributed by atoms with van der Waals surface area (Å²) >= 11 is 7.76. The highest BCUT2D eigenvalue weighted by atomic mass is 35.5. The van der Waals surface area contributed by atoms with Crippen LogP contribution < -0.4 is 5.32 Å². The number of carbonyl (C=O) groups is 1. The number of benzene rings is 3. The van der Waals surface area contributed by atoms with Crippen LogP contribution in [0.4, 0.5) is 5.69 Å². The summed E-state index contributed by atoms with van der Waals surface area (Å²) in [5, 5.41) is 5.08. The predicted molar refractivity (Wildman–Crippen MR) is 133 cm³/mol. The molecule has 0 radical (unpaired) electrons. The van der Waals surface area contributed by atoms with Crippen LogP contribution in [0.3, 0.4) is 0 Å². The summed E-state index contributed by atoms with van der Waals surface area (Å²) in [5.41, 5.74) is 4.05. The Bertz CT molecular complexity index is 1290. The SMILES string of the molecule is O=C(Nc1cc(-c2ccccc2)ccc1-c1cc2ccccc2s1)C1C=CC(Cl)=CC1. The molecule has 1 atom stereocenters. The van der Waals surface area contributed by atoms with Gasteiger partial charge in [-0.05, 0) is 47.2 Å². The predicted octanol–water partition coefficient (Wildman–Crippen LogP) is 7.87. The largest absolute Gasteiger partial charge is 0.325 e. The highest BCUT2D eigenvalue weighted by Gasteiger charge is 2.19. The van der Waals surface area contributed by atoms with Gasteiger partial charge >= 0.3 is 0 Å². The third-order valence-corrected chi connectivity index (χ3v) is 6.90. The van der Waals surface area contributed by atoms with E-state index in [-0.39, 0.29) is 11.8 Å². The van der Waals surface area contributed by atoms with Gasteiger partial charge in [0.1, 0.15) is 0 Å². The molecule has 0 aliphatic heterocycles. The normalized spacial score (nSPS) is 15.6. The summed E-state index contributed by atoms with van der Waals surface area (Å²) in [6.45, 7) is 0. The number of allylic oxidation sites excluding steroid dienone is 3. The number of hydrogen-bond donors (Lipinski definition) is 1. The number of halogens is 1. The molecule has 0 saturated heterocycles. The molecular weight excluding hydrogens is 422 g/mol. The molecule has 2 nitrogen and oxygen atoms in total. The molecule has 4 aromatic rings. The van der Waals surface area contributed by atoms with E-state index in [2.05, 4.69) is 59.9 Å². The van der Waals surface area contributed by atoms with Crippen LogP contribution >= 0.6 is 22.9 Å². The van der Waals surface area contributed by atoms with E-state index in [9.17, 15) is 4.79 Å². The number of rotatable bonds is 4. The van der Waals surface area contributed by atoms with Crippen molar-refractivity contribution in [2.45, 2.75) is 6.42 Å². The average molecular weight is 442 g/mol. The maximum Gasteiger partial charge on any atom is 0.231 e. The zero-order valence-corrected chi connectivity index (χ0v) is 18.3. The second kappa shape index (κ2) is 8.54. The summed E-state index contributed by atoms with van der Waals surface area (Å²) in [6, 6.07) is 27.1. The fourth-order valence-electron chi connectivity index (χ4n) is 3.80. The first-order valence-electron chi connectivity index (χ1n) is 10.2. The fraction of sp³-hybridized carbons (Fsp3) is 0.0741. The lowest BCUT2D eigenvalue weighted by atomic mass is 9.98. The first-order chi connectivity index (χ1) is 15.2. The second-order valence-corrected chi connectivity index (χ2v) is 9.07. The maximum atomic E-state index is 13.0. The Kier molecular flexibility index (Phi) is 5.46. The molecule has 0 saturated carbocycles. The van der Waals surface area contributed by atoms with Crippen molar-refractivity contribution in [2.75, 3.05) is 5.32 Å². The van der Waals surface area contributed by atoms with E-state index < -0.39 is 0 Å².